The summed E-state index contributed by atoms with van der Waals surface area (Å²) in [6.07, 6.45) is 3.26. The monoisotopic (exact) mass is 323 g/mol. The summed E-state index contributed by atoms with van der Waals surface area (Å²) in [5.41, 5.74) is 2.43. The fraction of sp³-hybridized carbons (Fsp3) is 0.588. The number of rotatable bonds is 2. The van der Waals surface area contributed by atoms with E-state index in [1.165, 1.54) is 5.56 Å². The van der Waals surface area contributed by atoms with Gasteiger partial charge in [-0.2, -0.15) is 0 Å². The van der Waals surface area contributed by atoms with Crippen molar-refractivity contribution >= 4 is 24.0 Å². The maximum Gasteiger partial charge on any atom is 0.241 e. The minimum atomic E-state index is 0. The highest BCUT2D eigenvalue weighted by molar-refractivity contribution is 5.96. The Hall–Kier alpha value is -1.10. The lowest BCUT2D eigenvalue weighted by atomic mass is 9.96. The molecule has 1 fully saturated rings. The van der Waals surface area contributed by atoms with E-state index in [1.54, 1.807) is 0 Å². The van der Waals surface area contributed by atoms with E-state index >= 15 is 0 Å². The van der Waals surface area contributed by atoms with E-state index in [9.17, 15) is 4.79 Å². The number of nitrogens with one attached hydrogen (secondary N) is 1. The lowest BCUT2D eigenvalue weighted by Gasteiger charge is -2.36. The first-order chi connectivity index (χ1) is 10.3. The van der Waals surface area contributed by atoms with E-state index < -0.39 is 0 Å². The molecule has 1 aromatic rings. The van der Waals surface area contributed by atoms with Crippen LogP contribution in [0.1, 0.15) is 25.3 Å². The van der Waals surface area contributed by atoms with Gasteiger partial charge >= 0.3 is 0 Å². The Kier molecular flexibility index (Phi) is 6.24. The minimum Gasteiger partial charge on any atom is -0.315 e. The topological polar surface area (TPSA) is 35.6 Å². The smallest absolute Gasteiger partial charge is 0.241 e. The van der Waals surface area contributed by atoms with Gasteiger partial charge in [-0.1, -0.05) is 18.2 Å². The van der Waals surface area contributed by atoms with Crippen molar-refractivity contribution in [1.82, 2.24) is 10.2 Å². The van der Waals surface area contributed by atoms with Crippen LogP contribution in [-0.4, -0.2) is 49.6 Å². The number of fused-ring (bicyclic) bond motifs is 1. The maximum absolute atomic E-state index is 12.8. The Bertz CT molecular complexity index is 500. The molecule has 1 amide bonds. The number of amides is 1. The van der Waals surface area contributed by atoms with E-state index in [-0.39, 0.29) is 18.3 Å². The summed E-state index contributed by atoms with van der Waals surface area (Å²) < 4.78 is 0. The van der Waals surface area contributed by atoms with E-state index in [1.807, 2.05) is 11.0 Å². The molecular formula is C17H26ClN3O. The summed E-state index contributed by atoms with van der Waals surface area (Å²) >= 11 is 0. The molecule has 0 aliphatic carbocycles. The van der Waals surface area contributed by atoms with Gasteiger partial charge in [0.2, 0.25) is 5.91 Å². The molecule has 3 rings (SSSR count). The molecule has 1 N–H and O–H groups in total. The summed E-state index contributed by atoms with van der Waals surface area (Å²) in [6, 6.07) is 8.65. The fourth-order valence-electron chi connectivity index (χ4n) is 3.40. The van der Waals surface area contributed by atoms with Crippen molar-refractivity contribution in [2.45, 2.75) is 32.2 Å². The molecule has 1 aromatic carbocycles. The van der Waals surface area contributed by atoms with Crippen molar-refractivity contribution in [3.63, 3.8) is 0 Å². The average molecular weight is 324 g/mol. The lowest BCUT2D eigenvalue weighted by molar-refractivity contribution is -0.120. The molecule has 2 aliphatic heterocycles. The van der Waals surface area contributed by atoms with E-state index in [0.717, 1.165) is 51.1 Å². The molecule has 0 aromatic heterocycles. The van der Waals surface area contributed by atoms with E-state index in [0.29, 0.717) is 12.6 Å². The van der Waals surface area contributed by atoms with Gasteiger partial charge in [0.05, 0.1) is 6.54 Å². The second-order valence-corrected chi connectivity index (χ2v) is 6.16. The summed E-state index contributed by atoms with van der Waals surface area (Å²) in [7, 11) is 0. The summed E-state index contributed by atoms with van der Waals surface area (Å²) in [5, 5.41) is 3.39. The number of hydrogen-bond donors (Lipinski definition) is 1. The first-order valence-electron chi connectivity index (χ1n) is 8.09. The van der Waals surface area contributed by atoms with Crippen LogP contribution in [0.2, 0.25) is 0 Å². The molecule has 2 heterocycles. The Labute approximate surface area is 139 Å². The summed E-state index contributed by atoms with van der Waals surface area (Å²) in [5.74, 6) is 0.247. The van der Waals surface area contributed by atoms with Crippen molar-refractivity contribution in [1.29, 1.82) is 0 Å². The number of carbonyl (C=O) groups excluding carboxylic acids is 1. The number of para-hydroxylation sites is 1. The molecule has 2 aliphatic rings. The van der Waals surface area contributed by atoms with Gasteiger partial charge in [0.15, 0.2) is 0 Å². The van der Waals surface area contributed by atoms with Crippen molar-refractivity contribution in [2.75, 3.05) is 37.6 Å². The van der Waals surface area contributed by atoms with Gasteiger partial charge in [0, 0.05) is 24.8 Å². The van der Waals surface area contributed by atoms with Crippen LogP contribution in [0.15, 0.2) is 24.3 Å². The van der Waals surface area contributed by atoms with Crippen LogP contribution in [-0.2, 0) is 11.2 Å². The van der Waals surface area contributed by atoms with E-state index in [4.69, 9.17) is 0 Å². The zero-order valence-electron chi connectivity index (χ0n) is 13.3. The van der Waals surface area contributed by atoms with Crippen molar-refractivity contribution < 1.29 is 4.79 Å². The van der Waals surface area contributed by atoms with Crippen LogP contribution in [0.5, 0.6) is 0 Å². The van der Waals surface area contributed by atoms with Crippen LogP contribution in [0.4, 0.5) is 5.69 Å². The molecule has 5 heteroatoms. The van der Waals surface area contributed by atoms with Gasteiger partial charge in [0.25, 0.3) is 0 Å². The Balaban J connectivity index is 0.00000176. The number of anilines is 1. The minimum absolute atomic E-state index is 0. The Morgan fingerprint density at radius 3 is 2.95 bits per heavy atom. The molecule has 4 nitrogen and oxygen atoms in total. The van der Waals surface area contributed by atoms with E-state index in [2.05, 4.69) is 35.3 Å². The molecule has 0 bridgehead atoms. The molecule has 1 unspecified atom stereocenters. The standard InChI is InChI=1S/C17H25N3O.ClH/c1-14-7-8-15-5-2-3-6-16(15)20(14)17(21)13-19-11-4-9-18-10-12-19;/h2-3,5-6,14,18H,4,7-13H2,1H3;1H. The number of benzene rings is 1. The average Bonchev–Trinajstić information content (AvgIpc) is 2.75. The van der Waals surface area contributed by atoms with Crippen molar-refractivity contribution in [3.8, 4) is 0 Å². The third-order valence-electron chi connectivity index (χ3n) is 4.58. The lowest BCUT2D eigenvalue weighted by Crippen LogP contribution is -2.47. The molecule has 0 spiro atoms. The number of aryl methyl sites for hydroxylation is 1. The number of halogens is 1. The van der Waals surface area contributed by atoms with Crippen molar-refractivity contribution in [2.24, 2.45) is 0 Å². The van der Waals surface area contributed by atoms with Gasteiger partial charge in [0.1, 0.15) is 0 Å². The van der Waals surface area contributed by atoms with Crippen LogP contribution in [0, 0.1) is 0 Å². The quantitative estimate of drug-likeness (QED) is 0.905. The second kappa shape index (κ2) is 7.95. The molecule has 0 saturated carbocycles. The highest BCUT2D eigenvalue weighted by Gasteiger charge is 2.28. The summed E-state index contributed by atoms with van der Waals surface area (Å²) in [4.78, 5) is 17.1. The Morgan fingerprint density at radius 1 is 1.27 bits per heavy atom. The molecular weight excluding hydrogens is 298 g/mol. The SMILES string of the molecule is CC1CCc2ccccc2N1C(=O)CN1CCCNCC1.Cl. The van der Waals surface area contributed by atoms with Gasteiger partial charge in [-0.15, -0.1) is 12.4 Å². The normalized spacial score (nSPS) is 22.4. The Morgan fingerprint density at radius 2 is 2.09 bits per heavy atom. The molecule has 122 valence electrons. The van der Waals surface area contributed by atoms with Crippen molar-refractivity contribution in [3.05, 3.63) is 29.8 Å². The molecule has 22 heavy (non-hydrogen) atoms. The van der Waals surface area contributed by atoms with Gasteiger partial charge in [-0.05, 0) is 50.9 Å². The second-order valence-electron chi connectivity index (χ2n) is 6.16. The first-order valence-corrected chi connectivity index (χ1v) is 8.09. The van der Waals surface area contributed by atoms with Gasteiger partial charge in [-0.3, -0.25) is 9.69 Å². The molecule has 0 radical (unpaired) electrons. The predicted octanol–water partition coefficient (Wildman–Crippen LogP) is 2.07. The zero-order valence-corrected chi connectivity index (χ0v) is 14.1. The van der Waals surface area contributed by atoms with Crippen LogP contribution < -0.4 is 10.2 Å². The van der Waals surface area contributed by atoms with Gasteiger partial charge in [-0.25, -0.2) is 0 Å². The zero-order chi connectivity index (χ0) is 14.7. The highest BCUT2D eigenvalue weighted by Crippen LogP contribution is 2.30. The van der Waals surface area contributed by atoms with Crippen LogP contribution in [0.3, 0.4) is 0 Å². The molecule has 1 atom stereocenters. The highest BCUT2D eigenvalue weighted by atomic mass is 35.5. The third-order valence-corrected chi connectivity index (χ3v) is 4.58. The van der Waals surface area contributed by atoms with Gasteiger partial charge < -0.3 is 10.2 Å². The fourth-order valence-corrected chi connectivity index (χ4v) is 3.40. The largest absolute Gasteiger partial charge is 0.315 e. The van der Waals surface area contributed by atoms with Crippen LogP contribution >= 0.6 is 12.4 Å². The number of carbonyl (C=O) groups is 1. The number of nitrogens with zero attached hydrogens (tertiary/aromatic N) is 2. The first kappa shape index (κ1) is 17.3. The van der Waals surface area contributed by atoms with Crippen LogP contribution in [0.25, 0.3) is 0 Å². The number of hydrogen-bond acceptors (Lipinski definition) is 3. The maximum atomic E-state index is 12.8. The molecule has 1 saturated heterocycles. The summed E-state index contributed by atoms with van der Waals surface area (Å²) in [6.45, 7) is 6.74. The third kappa shape index (κ3) is 3.80. The predicted molar refractivity (Wildman–Crippen MR) is 92.9 cm³/mol.